The van der Waals surface area contributed by atoms with E-state index in [9.17, 15) is 9.59 Å². The topological polar surface area (TPSA) is 102 Å². The summed E-state index contributed by atoms with van der Waals surface area (Å²) in [6, 6.07) is 9.88. The van der Waals surface area contributed by atoms with Crippen molar-refractivity contribution >= 4 is 28.7 Å². The molecule has 0 aliphatic heterocycles. The Bertz CT molecular complexity index is 1130. The second-order valence-electron chi connectivity index (χ2n) is 8.70. The van der Waals surface area contributed by atoms with Crippen molar-refractivity contribution in [2.45, 2.75) is 46.1 Å². The fraction of sp³-hybridized carbons (Fsp3) is 0.348. The van der Waals surface area contributed by atoms with E-state index >= 15 is 0 Å². The van der Waals surface area contributed by atoms with Gasteiger partial charge in [0, 0.05) is 30.4 Å². The second-order valence-corrected chi connectivity index (χ2v) is 8.70. The molecule has 7 nitrogen and oxygen atoms in total. The molecular formula is C23H27N5O2. The maximum absolute atomic E-state index is 12.1. The number of anilines is 2. The van der Waals surface area contributed by atoms with E-state index < -0.39 is 5.91 Å². The van der Waals surface area contributed by atoms with Crippen LogP contribution >= 0.6 is 0 Å². The highest BCUT2D eigenvalue weighted by molar-refractivity contribution is 6.02. The number of hydrogen-bond acceptors (Lipinski definition) is 4. The number of amides is 2. The fourth-order valence-corrected chi connectivity index (χ4v) is 4.30. The number of primary amides is 1. The summed E-state index contributed by atoms with van der Waals surface area (Å²) in [5.41, 5.74) is 10.3. The molecule has 3 aromatic rings. The summed E-state index contributed by atoms with van der Waals surface area (Å²) >= 11 is 0. The lowest BCUT2D eigenvalue weighted by Crippen LogP contribution is -2.32. The van der Waals surface area contributed by atoms with Crippen LogP contribution in [0.25, 0.3) is 16.6 Å². The van der Waals surface area contributed by atoms with Gasteiger partial charge in [-0.3, -0.25) is 9.59 Å². The Labute approximate surface area is 175 Å². The van der Waals surface area contributed by atoms with Gasteiger partial charge < -0.3 is 16.4 Å². The lowest BCUT2D eigenvalue weighted by molar-refractivity contribution is -0.114. The third kappa shape index (κ3) is 3.75. The number of nitrogens with zero attached hydrogens (tertiary/aromatic N) is 2. The van der Waals surface area contributed by atoms with Crippen LogP contribution in [0.2, 0.25) is 0 Å². The Hall–Kier alpha value is -3.35. The predicted molar refractivity (Wildman–Crippen MR) is 118 cm³/mol. The minimum absolute atomic E-state index is 0.118. The summed E-state index contributed by atoms with van der Waals surface area (Å²) in [4.78, 5) is 23.5. The number of benzene rings is 1. The first kappa shape index (κ1) is 19.9. The first-order valence-corrected chi connectivity index (χ1v) is 10.2. The average Bonchev–Trinajstić information content (AvgIpc) is 3.25. The highest BCUT2D eigenvalue weighted by Crippen LogP contribution is 2.40. The Morgan fingerprint density at radius 1 is 1.23 bits per heavy atom. The molecule has 1 aliphatic carbocycles. The number of nitrogens with one attached hydrogen (secondary N) is 2. The third-order valence-electron chi connectivity index (χ3n) is 5.99. The molecule has 7 heteroatoms. The van der Waals surface area contributed by atoms with E-state index in [0.29, 0.717) is 5.56 Å². The van der Waals surface area contributed by atoms with Gasteiger partial charge in [-0.15, -0.1) is 0 Å². The second kappa shape index (κ2) is 7.48. The Morgan fingerprint density at radius 3 is 2.70 bits per heavy atom. The van der Waals surface area contributed by atoms with Gasteiger partial charge in [-0.25, -0.2) is 4.52 Å². The first-order valence-electron chi connectivity index (χ1n) is 10.2. The molecule has 30 heavy (non-hydrogen) atoms. The highest BCUT2D eigenvalue weighted by Gasteiger charge is 2.35. The minimum Gasteiger partial charge on any atom is -0.379 e. The molecule has 4 rings (SSSR count). The Balaban J connectivity index is 1.79. The molecular weight excluding hydrogens is 378 g/mol. The maximum Gasteiger partial charge on any atom is 0.252 e. The van der Waals surface area contributed by atoms with Crippen LogP contribution in [-0.2, 0) is 4.79 Å². The zero-order valence-corrected chi connectivity index (χ0v) is 17.5. The Morgan fingerprint density at radius 2 is 2.03 bits per heavy atom. The molecule has 0 radical (unpaired) electrons. The van der Waals surface area contributed by atoms with Crippen molar-refractivity contribution < 1.29 is 9.59 Å². The molecule has 1 saturated carbocycles. The van der Waals surface area contributed by atoms with Gasteiger partial charge in [0.1, 0.15) is 0 Å². The number of hydrogen-bond donors (Lipinski definition) is 3. The summed E-state index contributed by atoms with van der Waals surface area (Å²) < 4.78 is 1.76. The van der Waals surface area contributed by atoms with Crippen LogP contribution in [0.5, 0.6) is 0 Å². The average molecular weight is 406 g/mol. The highest BCUT2D eigenvalue weighted by atomic mass is 16.1. The molecule has 0 unspecified atom stereocenters. The summed E-state index contributed by atoms with van der Waals surface area (Å²) in [6.45, 7) is 5.98. The lowest BCUT2D eigenvalue weighted by Gasteiger charge is -2.29. The van der Waals surface area contributed by atoms with Crippen LogP contribution in [0.3, 0.4) is 0 Å². The Kier molecular flexibility index (Phi) is 4.97. The molecule has 1 fully saturated rings. The van der Waals surface area contributed by atoms with Gasteiger partial charge in [0.2, 0.25) is 5.91 Å². The van der Waals surface area contributed by atoms with Crippen LogP contribution in [0.1, 0.15) is 50.4 Å². The van der Waals surface area contributed by atoms with E-state index in [-0.39, 0.29) is 17.4 Å². The van der Waals surface area contributed by atoms with Crippen molar-refractivity contribution in [3.63, 3.8) is 0 Å². The number of aromatic nitrogens is 2. The molecule has 4 N–H and O–H groups in total. The summed E-state index contributed by atoms with van der Waals surface area (Å²) in [5, 5.41) is 10.8. The lowest BCUT2D eigenvalue weighted by atomic mass is 9.87. The van der Waals surface area contributed by atoms with Crippen molar-refractivity contribution in [1.29, 1.82) is 0 Å². The van der Waals surface area contributed by atoms with Gasteiger partial charge in [-0.2, -0.15) is 5.10 Å². The minimum atomic E-state index is -0.501. The van der Waals surface area contributed by atoms with Crippen LogP contribution in [-0.4, -0.2) is 27.5 Å². The number of rotatable bonds is 5. The van der Waals surface area contributed by atoms with Crippen molar-refractivity contribution in [3.05, 3.63) is 48.3 Å². The van der Waals surface area contributed by atoms with Crippen molar-refractivity contribution in [3.8, 4) is 11.1 Å². The standard InChI is InChI=1S/C23H27N5O2/c1-14(29)26-17-7-4-6-15(10-17)16-11-19-21(27-20-8-5-9-23(20,2)3)18(22(24)30)12-25-28(19)13-16/h4,6-7,10-13,20,27H,5,8-9H2,1-3H3,(H2,24,30)(H,26,29)/t20-/m1/s1. The molecule has 2 heterocycles. The normalized spacial score (nSPS) is 17.8. The number of fused-ring (bicyclic) bond motifs is 1. The van der Waals surface area contributed by atoms with E-state index in [4.69, 9.17) is 5.73 Å². The van der Waals surface area contributed by atoms with Crippen LogP contribution in [0.4, 0.5) is 11.4 Å². The summed E-state index contributed by atoms with van der Waals surface area (Å²) in [5.74, 6) is -0.619. The molecule has 0 saturated heterocycles. The molecule has 156 valence electrons. The zero-order chi connectivity index (χ0) is 21.5. The van der Waals surface area contributed by atoms with E-state index in [0.717, 1.165) is 47.3 Å². The van der Waals surface area contributed by atoms with E-state index in [2.05, 4.69) is 29.6 Å². The molecule has 2 aromatic heterocycles. The predicted octanol–water partition coefficient (Wildman–Crippen LogP) is 4.05. The largest absolute Gasteiger partial charge is 0.379 e. The summed E-state index contributed by atoms with van der Waals surface area (Å²) in [7, 11) is 0. The number of nitrogens with two attached hydrogens (primary N) is 1. The van der Waals surface area contributed by atoms with Gasteiger partial charge in [-0.05, 0) is 42.0 Å². The molecule has 1 atom stereocenters. The molecule has 0 bridgehead atoms. The number of carbonyl (C=O) groups excluding carboxylic acids is 2. The quantitative estimate of drug-likeness (QED) is 0.596. The van der Waals surface area contributed by atoms with E-state index in [1.165, 1.54) is 13.1 Å². The van der Waals surface area contributed by atoms with Gasteiger partial charge in [0.25, 0.3) is 5.91 Å². The monoisotopic (exact) mass is 405 g/mol. The van der Waals surface area contributed by atoms with Gasteiger partial charge >= 0.3 is 0 Å². The van der Waals surface area contributed by atoms with Gasteiger partial charge in [0.05, 0.1) is 23.0 Å². The zero-order valence-electron chi connectivity index (χ0n) is 17.5. The molecule has 1 aliphatic rings. The van der Waals surface area contributed by atoms with Gasteiger partial charge in [-0.1, -0.05) is 32.4 Å². The van der Waals surface area contributed by atoms with E-state index in [1.54, 1.807) is 4.52 Å². The van der Waals surface area contributed by atoms with Crippen LogP contribution < -0.4 is 16.4 Å². The molecule has 0 spiro atoms. The van der Waals surface area contributed by atoms with E-state index in [1.807, 2.05) is 36.5 Å². The third-order valence-corrected chi connectivity index (χ3v) is 5.99. The SMILES string of the molecule is CC(=O)Nc1cccc(-c2cc3c(N[C@@H]4CCCC4(C)C)c(C(N)=O)cnn3c2)c1. The smallest absolute Gasteiger partial charge is 0.252 e. The number of carbonyl (C=O) groups is 2. The first-order chi connectivity index (χ1) is 14.2. The summed E-state index contributed by atoms with van der Waals surface area (Å²) in [6.07, 6.45) is 6.78. The fourth-order valence-electron chi connectivity index (χ4n) is 4.30. The van der Waals surface area contributed by atoms with Gasteiger partial charge in [0.15, 0.2) is 0 Å². The van der Waals surface area contributed by atoms with Crippen molar-refractivity contribution in [2.75, 3.05) is 10.6 Å². The van der Waals surface area contributed by atoms with Crippen LogP contribution in [0.15, 0.2) is 42.7 Å². The van der Waals surface area contributed by atoms with Crippen LogP contribution in [0, 0.1) is 5.41 Å². The van der Waals surface area contributed by atoms with Crippen molar-refractivity contribution in [1.82, 2.24) is 9.61 Å². The molecule has 1 aromatic carbocycles. The molecule has 2 amide bonds. The van der Waals surface area contributed by atoms with Crippen molar-refractivity contribution in [2.24, 2.45) is 11.1 Å². The maximum atomic E-state index is 12.1.